The van der Waals surface area contributed by atoms with Crippen molar-refractivity contribution in [2.75, 3.05) is 13.2 Å². The highest BCUT2D eigenvalue weighted by atomic mass is 32.2. The zero-order chi connectivity index (χ0) is 42.9. The van der Waals surface area contributed by atoms with Crippen LogP contribution in [0.4, 0.5) is 13.2 Å². The Bertz CT molecular complexity index is 2230. The first kappa shape index (κ1) is 44.5. The van der Waals surface area contributed by atoms with Gasteiger partial charge >= 0.3 is 18.1 Å². The molecule has 0 amide bonds. The lowest BCUT2D eigenvalue weighted by Gasteiger charge is -2.23. The van der Waals surface area contributed by atoms with Gasteiger partial charge < -0.3 is 34.3 Å². The normalized spacial score (nSPS) is 13.5. The van der Waals surface area contributed by atoms with E-state index in [1.54, 1.807) is 68.4 Å². The number of alkyl halides is 3. The SMILES string of the molecule is Cc1cc(SCc2sc(-c3ccc(C(F)(F)F)cc3)nc2C)ccc1OC(C(=O)O)C(Oc1ccc(OCCCOc2cccc(C(C)C(=O)C(C)O)c2)cc1)C(=O)O. The van der Waals surface area contributed by atoms with Gasteiger partial charge in [0.15, 0.2) is 5.78 Å². The molecule has 312 valence electrons. The number of Topliss-reactive ketones (excluding diaryl/α,β-unsaturated/α-hetero) is 1. The molecule has 1 heterocycles. The number of thioether (sulfide) groups is 1. The second-order valence-electron chi connectivity index (χ2n) is 13.5. The van der Waals surface area contributed by atoms with E-state index in [4.69, 9.17) is 18.9 Å². The number of aromatic nitrogens is 1. The molecule has 0 aliphatic rings. The molecule has 0 aliphatic carbocycles. The number of carbonyl (C=O) groups is 3. The maximum atomic E-state index is 13.0. The molecule has 3 N–H and O–H groups in total. The van der Waals surface area contributed by atoms with Crippen molar-refractivity contribution in [2.24, 2.45) is 0 Å². The summed E-state index contributed by atoms with van der Waals surface area (Å²) in [4.78, 5) is 43.0. The summed E-state index contributed by atoms with van der Waals surface area (Å²) in [6, 6.07) is 23.0. The first-order valence-electron chi connectivity index (χ1n) is 18.3. The van der Waals surface area contributed by atoms with Gasteiger partial charge in [0, 0.05) is 33.4 Å². The van der Waals surface area contributed by atoms with E-state index >= 15 is 0 Å². The zero-order valence-electron chi connectivity index (χ0n) is 32.4. The largest absolute Gasteiger partial charge is 0.493 e. The summed E-state index contributed by atoms with van der Waals surface area (Å²) in [5.41, 5.74) is 1.89. The third-order valence-electron chi connectivity index (χ3n) is 8.99. The molecule has 0 radical (unpaired) electrons. The van der Waals surface area contributed by atoms with Crippen molar-refractivity contribution in [3.8, 4) is 33.6 Å². The summed E-state index contributed by atoms with van der Waals surface area (Å²) in [7, 11) is 0. The molecule has 59 heavy (non-hydrogen) atoms. The standard InChI is InChI=1S/C43H42F3NO10S2/c1-24-21-34(58-23-36-26(3)47-40(59-36)28-9-11-30(12-10-28)43(44,45)46)17-18-35(24)57-39(42(52)53)38(41(50)51)56-32-15-13-31(14-16-32)54-19-6-20-55-33-8-5-7-29(22-33)25(2)37(49)27(4)48/h5,7-18,21-22,25,27,38-39,48H,6,19-20,23H2,1-4H3,(H,50,51)(H,52,53). The number of nitrogens with zero attached hydrogens (tertiary/aromatic N) is 1. The molecule has 11 nitrogen and oxygen atoms in total. The summed E-state index contributed by atoms with van der Waals surface area (Å²) in [5, 5.41) is 30.2. The molecule has 1 aromatic heterocycles. The number of thiazole rings is 1. The van der Waals surface area contributed by atoms with E-state index in [2.05, 4.69) is 4.98 Å². The molecule has 0 aliphatic heterocycles. The average molecular weight is 854 g/mol. The van der Waals surface area contributed by atoms with Crippen LogP contribution < -0.4 is 18.9 Å². The monoisotopic (exact) mass is 853 g/mol. The van der Waals surface area contributed by atoms with Gasteiger partial charge in [0.25, 0.3) is 0 Å². The summed E-state index contributed by atoms with van der Waals surface area (Å²) < 4.78 is 61.9. The number of carboxylic acids is 2. The first-order valence-corrected chi connectivity index (χ1v) is 20.1. The Hall–Kier alpha value is -5.58. The third kappa shape index (κ3) is 12.2. The van der Waals surface area contributed by atoms with Gasteiger partial charge in [-0.05, 0) is 98.6 Å². The molecular weight excluding hydrogens is 812 g/mol. The molecule has 0 bridgehead atoms. The quantitative estimate of drug-likeness (QED) is 0.0504. The van der Waals surface area contributed by atoms with Gasteiger partial charge in [-0.2, -0.15) is 13.2 Å². The number of aryl methyl sites for hydroxylation is 2. The van der Waals surface area contributed by atoms with Crippen LogP contribution in [0.25, 0.3) is 10.6 Å². The molecule has 0 saturated carbocycles. The lowest BCUT2D eigenvalue weighted by Crippen LogP contribution is -2.47. The predicted molar refractivity (Wildman–Crippen MR) is 216 cm³/mol. The molecule has 4 atom stereocenters. The number of aliphatic hydroxyl groups excluding tert-OH is 1. The lowest BCUT2D eigenvalue weighted by atomic mass is 9.94. The number of halogens is 3. The van der Waals surface area contributed by atoms with E-state index in [0.29, 0.717) is 46.4 Å². The Labute approximate surface area is 346 Å². The fraction of sp³-hybridized carbons (Fsp3) is 0.302. The number of hydrogen-bond acceptors (Lipinski definition) is 11. The van der Waals surface area contributed by atoms with Crippen LogP contribution in [0.5, 0.6) is 23.0 Å². The van der Waals surface area contributed by atoms with Gasteiger partial charge in [0.2, 0.25) is 12.2 Å². The van der Waals surface area contributed by atoms with Crippen LogP contribution in [0.2, 0.25) is 0 Å². The van der Waals surface area contributed by atoms with Crippen molar-refractivity contribution in [3.05, 3.63) is 118 Å². The fourth-order valence-corrected chi connectivity index (χ4v) is 7.91. The Morgan fingerprint density at radius 3 is 2.03 bits per heavy atom. The van der Waals surface area contributed by atoms with Crippen LogP contribution in [0.1, 0.15) is 53.4 Å². The molecule has 16 heteroatoms. The number of carbonyl (C=O) groups excluding carboxylic acids is 1. The summed E-state index contributed by atoms with van der Waals surface area (Å²) in [5.74, 6) is -2.07. The second kappa shape index (κ2) is 19.9. The van der Waals surface area contributed by atoms with Gasteiger partial charge in [-0.3, -0.25) is 4.79 Å². The van der Waals surface area contributed by atoms with Crippen molar-refractivity contribution in [2.45, 2.75) is 75.2 Å². The van der Waals surface area contributed by atoms with Gasteiger partial charge in [0.1, 0.15) is 34.1 Å². The maximum Gasteiger partial charge on any atom is 0.416 e. The highest BCUT2D eigenvalue weighted by molar-refractivity contribution is 7.98. The van der Waals surface area contributed by atoms with Crippen LogP contribution in [-0.4, -0.2) is 69.6 Å². The number of ketones is 1. The van der Waals surface area contributed by atoms with Gasteiger partial charge in [0.05, 0.1) is 24.5 Å². The number of carboxylic acid groups (broad SMARTS) is 2. The molecule has 5 rings (SSSR count). The number of aliphatic hydroxyl groups is 1. The van der Waals surface area contributed by atoms with E-state index < -0.39 is 47.9 Å². The van der Waals surface area contributed by atoms with Crippen LogP contribution in [0.15, 0.2) is 95.9 Å². The van der Waals surface area contributed by atoms with Crippen LogP contribution >= 0.6 is 23.1 Å². The molecule has 0 saturated heterocycles. The van der Waals surface area contributed by atoms with Crippen molar-refractivity contribution in [3.63, 3.8) is 0 Å². The van der Waals surface area contributed by atoms with E-state index in [9.17, 15) is 42.9 Å². The van der Waals surface area contributed by atoms with Gasteiger partial charge in [-0.15, -0.1) is 23.1 Å². The molecule has 5 aromatic rings. The van der Waals surface area contributed by atoms with Gasteiger partial charge in [-0.25, -0.2) is 14.6 Å². The van der Waals surface area contributed by atoms with Crippen molar-refractivity contribution < 1.29 is 61.8 Å². The highest BCUT2D eigenvalue weighted by Gasteiger charge is 2.38. The maximum absolute atomic E-state index is 13.0. The molecule has 4 unspecified atom stereocenters. The topological polar surface area (TPSA) is 162 Å². The zero-order valence-corrected chi connectivity index (χ0v) is 34.0. The Balaban J connectivity index is 1.12. The van der Waals surface area contributed by atoms with E-state index in [0.717, 1.165) is 33.2 Å². The number of ether oxygens (including phenoxy) is 4. The summed E-state index contributed by atoms with van der Waals surface area (Å²) >= 11 is 2.85. The number of hydrogen-bond donors (Lipinski definition) is 3. The molecule has 0 spiro atoms. The van der Waals surface area contributed by atoms with Crippen molar-refractivity contribution >= 4 is 40.8 Å². The minimum Gasteiger partial charge on any atom is -0.493 e. The highest BCUT2D eigenvalue weighted by Crippen LogP contribution is 2.36. The second-order valence-corrected chi connectivity index (χ2v) is 15.6. The van der Waals surface area contributed by atoms with Crippen molar-refractivity contribution in [1.29, 1.82) is 0 Å². The predicted octanol–water partition coefficient (Wildman–Crippen LogP) is 9.00. The average Bonchev–Trinajstić information content (AvgIpc) is 3.58. The Morgan fingerprint density at radius 1 is 0.797 bits per heavy atom. The minimum atomic E-state index is -4.43. The molecule has 0 fully saturated rings. The number of benzene rings is 4. The number of rotatable bonds is 20. The number of aliphatic carboxylic acids is 2. The van der Waals surface area contributed by atoms with E-state index in [1.165, 1.54) is 54.3 Å². The summed E-state index contributed by atoms with van der Waals surface area (Å²) in [6.45, 7) is 7.30. The van der Waals surface area contributed by atoms with E-state index in [1.807, 2.05) is 6.92 Å². The Kier molecular flexibility index (Phi) is 15.0. The smallest absolute Gasteiger partial charge is 0.416 e. The third-order valence-corrected chi connectivity index (χ3v) is 11.4. The molecule has 4 aromatic carbocycles. The van der Waals surface area contributed by atoms with Crippen LogP contribution in [-0.2, 0) is 26.3 Å². The fourth-order valence-electron chi connectivity index (χ4n) is 5.70. The first-order chi connectivity index (χ1) is 28.0. The Morgan fingerprint density at radius 2 is 1.42 bits per heavy atom. The van der Waals surface area contributed by atoms with Crippen LogP contribution in [0.3, 0.4) is 0 Å². The minimum absolute atomic E-state index is 0.0782. The van der Waals surface area contributed by atoms with Gasteiger partial charge in [-0.1, -0.05) is 31.2 Å². The molecular formula is C43H42F3NO10S2. The van der Waals surface area contributed by atoms with Crippen molar-refractivity contribution in [1.82, 2.24) is 4.98 Å². The lowest BCUT2D eigenvalue weighted by molar-refractivity contribution is -0.161. The van der Waals surface area contributed by atoms with Crippen LogP contribution in [0, 0.1) is 13.8 Å². The summed E-state index contributed by atoms with van der Waals surface area (Å²) in [6.07, 6.45) is -8.79. The van der Waals surface area contributed by atoms with E-state index in [-0.39, 0.29) is 23.9 Å².